The fraction of sp³-hybridized carbons (Fsp3) is 0.333. The molecule has 0 unspecified atom stereocenters. The zero-order valence-corrected chi connectivity index (χ0v) is 15.4. The molecule has 2 aromatic rings. The smallest absolute Gasteiger partial charge is 0.240 e. The van der Waals surface area contributed by atoms with E-state index in [1.165, 1.54) is 12.1 Å². The highest BCUT2D eigenvalue weighted by atomic mass is 32.2. The molecule has 0 bridgehead atoms. The van der Waals surface area contributed by atoms with Crippen molar-refractivity contribution in [1.82, 2.24) is 4.72 Å². The van der Waals surface area contributed by atoms with Crippen molar-refractivity contribution in [3.63, 3.8) is 0 Å². The third-order valence-electron chi connectivity index (χ3n) is 3.42. The lowest BCUT2D eigenvalue weighted by Gasteiger charge is -2.12. The number of methoxy groups -OCH3 is 1. The molecule has 0 radical (unpaired) electrons. The van der Waals surface area contributed by atoms with E-state index < -0.39 is 10.0 Å². The van der Waals surface area contributed by atoms with Crippen LogP contribution in [0.1, 0.15) is 12.5 Å². The molecule has 0 heterocycles. The molecule has 0 spiro atoms. The average molecular weight is 365 g/mol. The fourth-order valence-corrected chi connectivity index (χ4v) is 3.21. The molecule has 0 saturated carbocycles. The zero-order valence-electron chi connectivity index (χ0n) is 14.6. The van der Waals surface area contributed by atoms with Gasteiger partial charge in [-0.25, -0.2) is 13.1 Å². The van der Waals surface area contributed by atoms with Crippen molar-refractivity contribution in [1.29, 1.82) is 0 Å². The topological polar surface area (TPSA) is 73.9 Å². The van der Waals surface area contributed by atoms with E-state index in [2.05, 4.69) is 4.72 Å². The minimum absolute atomic E-state index is 0.145. The Balaban J connectivity index is 1.90. The highest BCUT2D eigenvalue weighted by Crippen LogP contribution is 2.27. The summed E-state index contributed by atoms with van der Waals surface area (Å²) in [6.07, 6.45) is 0. The number of aryl methyl sites for hydroxylation is 1. The fourth-order valence-electron chi connectivity index (χ4n) is 2.20. The van der Waals surface area contributed by atoms with Crippen LogP contribution in [0.2, 0.25) is 0 Å². The molecule has 2 rings (SSSR count). The molecule has 0 atom stereocenters. The number of ether oxygens (including phenoxy) is 3. The molecule has 0 saturated heterocycles. The first kappa shape index (κ1) is 19.1. The number of sulfonamides is 1. The van der Waals surface area contributed by atoms with Crippen molar-refractivity contribution >= 4 is 10.0 Å². The Morgan fingerprint density at radius 1 is 1.00 bits per heavy atom. The summed E-state index contributed by atoms with van der Waals surface area (Å²) in [5.74, 6) is 1.83. The molecule has 136 valence electrons. The first-order valence-corrected chi connectivity index (χ1v) is 9.44. The van der Waals surface area contributed by atoms with E-state index in [9.17, 15) is 8.42 Å². The molecule has 0 fully saturated rings. The Kier molecular flexibility index (Phi) is 6.66. The summed E-state index contributed by atoms with van der Waals surface area (Å²) in [5, 5.41) is 0. The van der Waals surface area contributed by atoms with Crippen LogP contribution in [0.15, 0.2) is 47.4 Å². The second-order valence-corrected chi connectivity index (χ2v) is 7.07. The van der Waals surface area contributed by atoms with Gasteiger partial charge in [-0.2, -0.15) is 0 Å². The van der Waals surface area contributed by atoms with Gasteiger partial charge in [-0.3, -0.25) is 0 Å². The van der Waals surface area contributed by atoms with Crippen LogP contribution < -0.4 is 18.9 Å². The lowest BCUT2D eigenvalue weighted by molar-refractivity contribution is 0.298. The van der Waals surface area contributed by atoms with Crippen molar-refractivity contribution in [2.24, 2.45) is 0 Å². The van der Waals surface area contributed by atoms with Gasteiger partial charge in [0.15, 0.2) is 11.5 Å². The minimum atomic E-state index is -3.59. The Labute approximate surface area is 148 Å². The predicted octanol–water partition coefficient (Wildman–Crippen LogP) is 2.76. The van der Waals surface area contributed by atoms with Gasteiger partial charge >= 0.3 is 0 Å². The SMILES string of the molecule is CCOc1ccc(S(=O)(=O)NCCOc2ccc(C)cc2OC)cc1. The van der Waals surface area contributed by atoms with E-state index >= 15 is 0 Å². The highest BCUT2D eigenvalue weighted by molar-refractivity contribution is 7.89. The van der Waals surface area contributed by atoms with Gasteiger partial charge in [-0.05, 0) is 55.8 Å². The first-order chi connectivity index (χ1) is 12.0. The summed E-state index contributed by atoms with van der Waals surface area (Å²) < 4.78 is 43.2. The van der Waals surface area contributed by atoms with Gasteiger partial charge in [-0.1, -0.05) is 6.07 Å². The highest BCUT2D eigenvalue weighted by Gasteiger charge is 2.13. The van der Waals surface area contributed by atoms with E-state index in [-0.39, 0.29) is 18.0 Å². The maximum Gasteiger partial charge on any atom is 0.240 e. The van der Waals surface area contributed by atoms with Crippen LogP contribution >= 0.6 is 0 Å². The largest absolute Gasteiger partial charge is 0.494 e. The van der Waals surface area contributed by atoms with E-state index in [4.69, 9.17) is 14.2 Å². The number of rotatable bonds is 9. The van der Waals surface area contributed by atoms with Crippen molar-refractivity contribution < 1.29 is 22.6 Å². The molecule has 0 aliphatic rings. The van der Waals surface area contributed by atoms with Crippen LogP contribution in [0.25, 0.3) is 0 Å². The quantitative estimate of drug-likeness (QED) is 0.692. The van der Waals surface area contributed by atoms with Crippen LogP contribution in [0.4, 0.5) is 0 Å². The van der Waals surface area contributed by atoms with Gasteiger partial charge < -0.3 is 14.2 Å². The molecular weight excluding hydrogens is 342 g/mol. The second kappa shape index (κ2) is 8.73. The summed E-state index contributed by atoms with van der Waals surface area (Å²) in [6.45, 7) is 4.69. The summed E-state index contributed by atoms with van der Waals surface area (Å²) in [6, 6.07) is 11.8. The Bertz CT molecular complexity index is 788. The van der Waals surface area contributed by atoms with Crippen LogP contribution in [-0.2, 0) is 10.0 Å². The molecule has 7 heteroatoms. The monoisotopic (exact) mass is 365 g/mol. The molecule has 0 amide bonds. The molecular formula is C18H23NO5S. The molecule has 25 heavy (non-hydrogen) atoms. The van der Waals surface area contributed by atoms with Crippen LogP contribution in [-0.4, -0.2) is 35.3 Å². The summed E-state index contributed by atoms with van der Waals surface area (Å²) in [7, 11) is -2.02. The van der Waals surface area contributed by atoms with Crippen molar-refractivity contribution in [2.75, 3.05) is 26.9 Å². The molecule has 0 aliphatic carbocycles. The van der Waals surface area contributed by atoms with Gasteiger partial charge in [-0.15, -0.1) is 0 Å². The third kappa shape index (κ3) is 5.37. The first-order valence-electron chi connectivity index (χ1n) is 7.96. The van der Waals surface area contributed by atoms with Crippen LogP contribution in [0.3, 0.4) is 0 Å². The van der Waals surface area contributed by atoms with Crippen molar-refractivity contribution in [3.05, 3.63) is 48.0 Å². The molecule has 2 aromatic carbocycles. The van der Waals surface area contributed by atoms with Gasteiger partial charge in [0.2, 0.25) is 10.0 Å². The van der Waals surface area contributed by atoms with Crippen molar-refractivity contribution in [3.8, 4) is 17.2 Å². The van der Waals surface area contributed by atoms with E-state index in [0.717, 1.165) is 5.56 Å². The van der Waals surface area contributed by atoms with Gasteiger partial charge in [0.25, 0.3) is 0 Å². The summed E-state index contributed by atoms with van der Waals surface area (Å²) in [5.41, 5.74) is 1.06. The van der Waals surface area contributed by atoms with Crippen molar-refractivity contribution in [2.45, 2.75) is 18.7 Å². The lowest BCUT2D eigenvalue weighted by Crippen LogP contribution is -2.28. The molecule has 0 aromatic heterocycles. The minimum Gasteiger partial charge on any atom is -0.494 e. The number of benzene rings is 2. The lowest BCUT2D eigenvalue weighted by atomic mass is 10.2. The third-order valence-corrected chi connectivity index (χ3v) is 4.89. The Hall–Kier alpha value is -2.25. The average Bonchev–Trinajstić information content (AvgIpc) is 2.60. The maximum atomic E-state index is 12.2. The molecule has 0 aliphatic heterocycles. The molecule has 6 nitrogen and oxygen atoms in total. The zero-order chi connectivity index (χ0) is 18.3. The van der Waals surface area contributed by atoms with Gasteiger partial charge in [0, 0.05) is 6.54 Å². The predicted molar refractivity (Wildman–Crippen MR) is 96.0 cm³/mol. The van der Waals surface area contributed by atoms with Gasteiger partial charge in [0.1, 0.15) is 12.4 Å². The van der Waals surface area contributed by atoms with Gasteiger partial charge in [0.05, 0.1) is 18.6 Å². The number of nitrogens with one attached hydrogen (secondary N) is 1. The number of hydrogen-bond donors (Lipinski definition) is 1. The second-order valence-electron chi connectivity index (χ2n) is 5.30. The maximum absolute atomic E-state index is 12.2. The standard InChI is InChI=1S/C18H23NO5S/c1-4-23-15-6-8-16(9-7-15)25(20,21)19-11-12-24-17-10-5-14(2)13-18(17)22-3/h5-10,13,19H,4,11-12H2,1-3H3. The summed E-state index contributed by atoms with van der Waals surface area (Å²) >= 11 is 0. The normalized spacial score (nSPS) is 11.2. The van der Waals surface area contributed by atoms with E-state index in [1.807, 2.05) is 26.0 Å². The molecule has 1 N–H and O–H groups in total. The Morgan fingerprint density at radius 3 is 2.36 bits per heavy atom. The van der Waals surface area contributed by atoms with Crippen LogP contribution in [0, 0.1) is 6.92 Å². The van der Waals surface area contributed by atoms with E-state index in [0.29, 0.717) is 23.9 Å². The summed E-state index contributed by atoms with van der Waals surface area (Å²) in [4.78, 5) is 0.184. The Morgan fingerprint density at radius 2 is 1.72 bits per heavy atom. The van der Waals surface area contributed by atoms with E-state index in [1.54, 1.807) is 25.3 Å². The number of hydrogen-bond acceptors (Lipinski definition) is 5. The van der Waals surface area contributed by atoms with Crippen LogP contribution in [0.5, 0.6) is 17.2 Å².